The van der Waals surface area contributed by atoms with Crippen LogP contribution in [0, 0.1) is 12.8 Å². The predicted octanol–water partition coefficient (Wildman–Crippen LogP) is 3.12. The minimum absolute atomic E-state index is 0.603. The van der Waals surface area contributed by atoms with Gasteiger partial charge < -0.3 is 5.32 Å². The number of aryl methyl sites for hydroxylation is 1. The second-order valence-corrected chi connectivity index (χ2v) is 5.29. The summed E-state index contributed by atoms with van der Waals surface area (Å²) >= 11 is 1.93. The van der Waals surface area contributed by atoms with Crippen LogP contribution >= 0.6 is 11.3 Å². The molecule has 1 N–H and O–H groups in total. The summed E-state index contributed by atoms with van der Waals surface area (Å²) in [6, 6.07) is 5.09. The first-order valence-corrected chi connectivity index (χ1v) is 5.85. The molecule has 0 radical (unpaired) electrons. The summed E-state index contributed by atoms with van der Waals surface area (Å²) in [5.74, 6) is 1.000. The Morgan fingerprint density at radius 2 is 2.31 bits per heavy atom. The molecule has 0 aliphatic heterocycles. The van der Waals surface area contributed by atoms with Gasteiger partial charge in [0.1, 0.15) is 0 Å². The van der Waals surface area contributed by atoms with Gasteiger partial charge in [-0.25, -0.2) is 0 Å². The van der Waals surface area contributed by atoms with Crippen LogP contribution in [-0.2, 0) is 0 Å². The third-order valence-electron chi connectivity index (χ3n) is 2.72. The monoisotopic (exact) mass is 195 g/mol. The zero-order chi connectivity index (χ0) is 9.26. The Kier molecular flexibility index (Phi) is 2.70. The molecule has 1 aliphatic carbocycles. The van der Waals surface area contributed by atoms with Crippen molar-refractivity contribution in [3.8, 4) is 0 Å². The van der Waals surface area contributed by atoms with E-state index in [4.69, 9.17) is 0 Å². The van der Waals surface area contributed by atoms with Gasteiger partial charge in [0.05, 0.1) is 0 Å². The Balaban J connectivity index is 2.01. The van der Waals surface area contributed by atoms with E-state index >= 15 is 0 Å². The fraction of sp³-hybridized carbons (Fsp3) is 0.636. The molecule has 0 spiro atoms. The highest BCUT2D eigenvalue weighted by atomic mass is 32.1. The maximum atomic E-state index is 3.41. The van der Waals surface area contributed by atoms with Crippen molar-refractivity contribution < 1.29 is 0 Å². The minimum Gasteiger partial charge on any atom is -0.312 e. The Bertz CT molecular complexity index is 275. The summed E-state index contributed by atoms with van der Waals surface area (Å²) in [4.78, 5) is 2.93. The van der Waals surface area contributed by atoms with Gasteiger partial charge in [-0.2, -0.15) is 0 Å². The number of nitrogens with one attached hydrogen (secondary N) is 1. The molecule has 1 aromatic rings. The molecule has 0 amide bonds. The predicted molar refractivity (Wildman–Crippen MR) is 58.2 cm³/mol. The maximum absolute atomic E-state index is 3.41. The lowest BCUT2D eigenvalue weighted by Crippen LogP contribution is -2.15. The molecule has 0 aromatic carbocycles. The summed E-state index contributed by atoms with van der Waals surface area (Å²) in [6.07, 6.45) is 4.22. The number of thiophene rings is 1. The van der Waals surface area contributed by atoms with E-state index in [-0.39, 0.29) is 0 Å². The van der Waals surface area contributed by atoms with Crippen LogP contribution in [-0.4, -0.2) is 7.05 Å². The molecule has 1 aliphatic rings. The van der Waals surface area contributed by atoms with E-state index in [9.17, 15) is 0 Å². The normalized spacial score (nSPS) is 18.9. The molecule has 2 heteroatoms. The van der Waals surface area contributed by atoms with Gasteiger partial charge in [0.25, 0.3) is 0 Å². The van der Waals surface area contributed by atoms with Crippen molar-refractivity contribution in [1.29, 1.82) is 0 Å². The maximum Gasteiger partial charge on any atom is 0.0415 e. The lowest BCUT2D eigenvalue weighted by molar-refractivity contribution is 0.522. The van der Waals surface area contributed by atoms with Crippen LogP contribution in [0.4, 0.5) is 0 Å². The van der Waals surface area contributed by atoms with Gasteiger partial charge in [-0.05, 0) is 38.4 Å². The lowest BCUT2D eigenvalue weighted by Gasteiger charge is -2.13. The second kappa shape index (κ2) is 3.81. The Labute approximate surface area is 84.2 Å². The molecule has 1 nitrogen and oxygen atoms in total. The van der Waals surface area contributed by atoms with Gasteiger partial charge in [0.2, 0.25) is 0 Å². The second-order valence-electron chi connectivity index (χ2n) is 3.97. The first kappa shape index (κ1) is 9.22. The molecule has 1 heterocycles. The molecule has 0 bridgehead atoms. The molecule has 1 atom stereocenters. The van der Waals surface area contributed by atoms with Gasteiger partial charge in [-0.15, -0.1) is 11.3 Å². The average Bonchev–Trinajstić information content (AvgIpc) is 2.84. The third kappa shape index (κ3) is 2.32. The molecule has 1 saturated carbocycles. The van der Waals surface area contributed by atoms with Crippen LogP contribution in [0.5, 0.6) is 0 Å². The number of rotatable bonds is 4. The highest BCUT2D eigenvalue weighted by molar-refractivity contribution is 7.12. The zero-order valence-corrected chi connectivity index (χ0v) is 9.16. The van der Waals surface area contributed by atoms with Gasteiger partial charge in [-0.3, -0.25) is 0 Å². The molecule has 1 unspecified atom stereocenters. The SMILES string of the molecule is CNC(CC1CC1)c1ccc(C)s1. The summed E-state index contributed by atoms with van der Waals surface area (Å²) in [5.41, 5.74) is 0. The number of hydrogen-bond acceptors (Lipinski definition) is 2. The van der Waals surface area contributed by atoms with Crippen LogP contribution in [0.2, 0.25) is 0 Å². The molecule has 0 saturated heterocycles. The summed E-state index contributed by atoms with van der Waals surface area (Å²) in [5, 5.41) is 3.41. The van der Waals surface area contributed by atoms with Gasteiger partial charge in [0.15, 0.2) is 0 Å². The zero-order valence-electron chi connectivity index (χ0n) is 8.34. The van der Waals surface area contributed by atoms with Crippen LogP contribution in [0.25, 0.3) is 0 Å². The highest BCUT2D eigenvalue weighted by Gasteiger charge is 2.25. The van der Waals surface area contributed by atoms with E-state index in [0.29, 0.717) is 6.04 Å². The van der Waals surface area contributed by atoms with E-state index in [2.05, 4.69) is 31.4 Å². The molecular weight excluding hydrogens is 178 g/mol. The highest BCUT2D eigenvalue weighted by Crippen LogP contribution is 2.38. The standard InChI is InChI=1S/C11H17NS/c1-8-3-6-11(13-8)10(12-2)7-9-4-5-9/h3,6,9-10,12H,4-5,7H2,1-2H3. The Hall–Kier alpha value is -0.340. The van der Waals surface area contributed by atoms with E-state index in [1.54, 1.807) is 0 Å². The van der Waals surface area contributed by atoms with Crippen molar-refractivity contribution in [2.45, 2.75) is 32.2 Å². The van der Waals surface area contributed by atoms with Crippen LogP contribution in [0.3, 0.4) is 0 Å². The van der Waals surface area contributed by atoms with Gasteiger partial charge in [0, 0.05) is 15.8 Å². The molecular formula is C11H17NS. The lowest BCUT2D eigenvalue weighted by atomic mass is 10.1. The van der Waals surface area contributed by atoms with E-state index in [1.807, 2.05) is 11.3 Å². The molecule has 2 rings (SSSR count). The first-order chi connectivity index (χ1) is 6.29. The molecule has 13 heavy (non-hydrogen) atoms. The summed E-state index contributed by atoms with van der Waals surface area (Å²) < 4.78 is 0. The van der Waals surface area contributed by atoms with Crippen molar-refractivity contribution >= 4 is 11.3 Å². The van der Waals surface area contributed by atoms with Crippen molar-refractivity contribution in [3.63, 3.8) is 0 Å². The quantitative estimate of drug-likeness (QED) is 0.778. The van der Waals surface area contributed by atoms with Crippen LogP contribution in [0.1, 0.15) is 35.1 Å². The summed E-state index contributed by atoms with van der Waals surface area (Å²) in [6.45, 7) is 2.18. The average molecular weight is 195 g/mol. The van der Waals surface area contributed by atoms with E-state index in [0.717, 1.165) is 5.92 Å². The first-order valence-electron chi connectivity index (χ1n) is 5.03. The topological polar surface area (TPSA) is 12.0 Å². The largest absolute Gasteiger partial charge is 0.312 e. The van der Waals surface area contributed by atoms with Crippen molar-refractivity contribution in [2.24, 2.45) is 5.92 Å². The smallest absolute Gasteiger partial charge is 0.0415 e. The minimum atomic E-state index is 0.603. The van der Waals surface area contributed by atoms with Gasteiger partial charge in [-0.1, -0.05) is 12.8 Å². The van der Waals surface area contributed by atoms with Gasteiger partial charge >= 0.3 is 0 Å². The van der Waals surface area contributed by atoms with E-state index < -0.39 is 0 Å². The fourth-order valence-corrected chi connectivity index (χ4v) is 2.70. The van der Waals surface area contributed by atoms with Crippen LogP contribution < -0.4 is 5.32 Å². The van der Waals surface area contributed by atoms with Crippen molar-refractivity contribution in [3.05, 3.63) is 21.9 Å². The third-order valence-corrected chi connectivity index (χ3v) is 3.83. The Morgan fingerprint density at radius 3 is 2.77 bits per heavy atom. The summed E-state index contributed by atoms with van der Waals surface area (Å²) in [7, 11) is 2.07. The Morgan fingerprint density at radius 1 is 1.54 bits per heavy atom. The molecule has 1 aromatic heterocycles. The van der Waals surface area contributed by atoms with Crippen molar-refractivity contribution in [2.75, 3.05) is 7.05 Å². The molecule has 72 valence electrons. The van der Waals surface area contributed by atoms with Crippen LogP contribution in [0.15, 0.2) is 12.1 Å². The number of hydrogen-bond donors (Lipinski definition) is 1. The molecule has 1 fully saturated rings. The fourth-order valence-electron chi connectivity index (χ4n) is 1.70. The van der Waals surface area contributed by atoms with Crippen molar-refractivity contribution in [1.82, 2.24) is 5.32 Å². The van der Waals surface area contributed by atoms with E-state index in [1.165, 1.54) is 29.0 Å².